The maximum Gasteiger partial charge on any atom is 0.338 e. The number of piperidine rings is 1. The van der Waals surface area contributed by atoms with Crippen molar-refractivity contribution in [1.82, 2.24) is 4.90 Å². The molecule has 1 aromatic carbocycles. The average molecular weight is 844 g/mol. The predicted molar refractivity (Wildman–Crippen MR) is 222 cm³/mol. The predicted octanol–water partition coefficient (Wildman–Crippen LogP) is 4.83. The maximum atomic E-state index is 14.5. The summed E-state index contributed by atoms with van der Waals surface area (Å²) in [6, 6.07) is 7.75. The first-order chi connectivity index (χ1) is 28.8. The molecule has 1 spiro atoms. The van der Waals surface area contributed by atoms with E-state index in [0.717, 1.165) is 19.3 Å². The Morgan fingerprint density at radius 2 is 1.42 bits per heavy atom. The lowest BCUT2D eigenvalue weighted by Gasteiger charge is -2.72. The van der Waals surface area contributed by atoms with Gasteiger partial charge in [-0.1, -0.05) is 102 Å². The van der Waals surface area contributed by atoms with Gasteiger partial charge in [0.1, 0.15) is 23.9 Å². The van der Waals surface area contributed by atoms with E-state index in [1.807, 2.05) is 7.05 Å². The summed E-state index contributed by atoms with van der Waals surface area (Å²) in [5.41, 5.74) is -8.20. The third-order valence-corrected chi connectivity index (χ3v) is 16.4. The molecular weight excluding hydrogens is 771 g/mol. The first-order valence-electron chi connectivity index (χ1n) is 22.9. The summed E-state index contributed by atoms with van der Waals surface area (Å²) in [4.78, 5) is 30.6. The summed E-state index contributed by atoms with van der Waals surface area (Å²) >= 11 is 0. The van der Waals surface area contributed by atoms with Crippen LogP contribution in [0.2, 0.25) is 0 Å². The molecule has 4 N–H and O–H groups in total. The SMILES string of the molecule is CCCCCCCCCCCCCCCC(=O)O[C@@]12[C@@H]3C4N(C)C[C@]5(COC)[C@H](O)C[C@H](OC)[C@]4([C@@H]5[C@H]3OC)[C@]3(O)C[C@@](O)([C@H](OC(=O)c4ccccc4)[C@H]13)[C@@H](OC)[C@@H]2O. The van der Waals surface area contributed by atoms with Gasteiger partial charge in [-0.05, 0) is 25.6 Å². The van der Waals surface area contributed by atoms with Gasteiger partial charge in [0.2, 0.25) is 0 Å². The number of rotatable bonds is 22. The third kappa shape index (κ3) is 6.73. The number of aliphatic hydroxyl groups excluding tert-OH is 2. The van der Waals surface area contributed by atoms with Gasteiger partial charge in [0.25, 0.3) is 0 Å². The topological polar surface area (TPSA) is 174 Å². The molecule has 0 amide bonds. The minimum atomic E-state index is -2.13. The Bertz CT molecular complexity index is 1630. The molecule has 0 aromatic heterocycles. The molecule has 0 radical (unpaired) electrons. The van der Waals surface area contributed by atoms with Crippen LogP contribution >= 0.6 is 0 Å². The van der Waals surface area contributed by atoms with E-state index >= 15 is 0 Å². The Hall–Kier alpha value is -2.20. The Balaban J connectivity index is 1.24. The summed E-state index contributed by atoms with van der Waals surface area (Å²) in [6.45, 7) is 2.72. The number of hydrogen-bond donors (Lipinski definition) is 4. The normalized spacial score (nSPS) is 42.3. The largest absolute Gasteiger partial charge is 0.455 e. The smallest absolute Gasteiger partial charge is 0.338 e. The summed E-state index contributed by atoms with van der Waals surface area (Å²) in [7, 11) is 7.96. The first-order valence-corrected chi connectivity index (χ1v) is 22.9. The molecule has 338 valence electrons. The van der Waals surface area contributed by atoms with Crippen molar-refractivity contribution in [3.63, 3.8) is 0 Å². The summed E-state index contributed by atoms with van der Waals surface area (Å²) in [6.07, 6.45) is 7.64. The van der Waals surface area contributed by atoms with Crippen molar-refractivity contribution >= 4 is 11.9 Å². The molecule has 7 rings (SSSR count). The van der Waals surface area contributed by atoms with Gasteiger partial charge in [0, 0.05) is 83.0 Å². The third-order valence-electron chi connectivity index (χ3n) is 16.4. The summed E-state index contributed by atoms with van der Waals surface area (Å²) in [5.74, 6) is -4.17. The molecule has 1 aromatic rings. The second-order valence-corrected chi connectivity index (χ2v) is 19.3. The molecule has 6 aliphatic rings. The molecule has 1 saturated heterocycles. The van der Waals surface area contributed by atoms with E-state index in [1.165, 1.54) is 64.9 Å². The Morgan fingerprint density at radius 1 is 0.800 bits per heavy atom. The zero-order valence-electron chi connectivity index (χ0n) is 36.9. The number of carbonyl (C=O) groups is 2. The van der Waals surface area contributed by atoms with Crippen LogP contribution in [0.5, 0.6) is 0 Å². The molecule has 60 heavy (non-hydrogen) atoms. The Kier molecular flexibility index (Phi) is 13.8. The monoisotopic (exact) mass is 844 g/mol. The summed E-state index contributed by atoms with van der Waals surface area (Å²) in [5, 5.41) is 52.2. The van der Waals surface area contributed by atoms with Gasteiger partial charge in [-0.3, -0.25) is 4.79 Å². The number of likely N-dealkylation sites (tertiary alicyclic amines) is 1. The fraction of sp³-hybridized carbons (Fsp3) is 0.830. The van der Waals surface area contributed by atoms with Gasteiger partial charge in [0.15, 0.2) is 5.60 Å². The number of esters is 2. The lowest BCUT2D eigenvalue weighted by Crippen LogP contribution is -2.85. The lowest BCUT2D eigenvalue weighted by atomic mass is 9.40. The number of carbonyl (C=O) groups excluding carboxylic acids is 2. The van der Waals surface area contributed by atoms with E-state index in [0.29, 0.717) is 13.0 Å². The van der Waals surface area contributed by atoms with Gasteiger partial charge in [-0.25, -0.2) is 4.79 Å². The minimum Gasteiger partial charge on any atom is -0.455 e. The fourth-order valence-corrected chi connectivity index (χ4v) is 14.5. The molecule has 13 heteroatoms. The number of fused-ring (bicyclic) bond motifs is 2. The van der Waals surface area contributed by atoms with Gasteiger partial charge in [-0.2, -0.15) is 0 Å². The molecule has 15 atom stereocenters. The van der Waals surface area contributed by atoms with Crippen molar-refractivity contribution < 1.29 is 58.4 Å². The van der Waals surface area contributed by atoms with Crippen molar-refractivity contribution in [2.24, 2.45) is 28.6 Å². The summed E-state index contributed by atoms with van der Waals surface area (Å²) < 4.78 is 38.0. The molecule has 1 heterocycles. The highest BCUT2D eigenvalue weighted by Gasteiger charge is 2.96. The van der Waals surface area contributed by atoms with Crippen molar-refractivity contribution in [3.05, 3.63) is 35.9 Å². The molecule has 1 unspecified atom stereocenters. The number of benzene rings is 1. The molecular formula is C47H73NO12. The fourth-order valence-electron chi connectivity index (χ4n) is 14.5. The van der Waals surface area contributed by atoms with Crippen LogP contribution in [0, 0.1) is 28.6 Å². The molecule has 13 nitrogen and oxygen atoms in total. The van der Waals surface area contributed by atoms with E-state index in [9.17, 15) is 30.0 Å². The highest BCUT2D eigenvalue weighted by molar-refractivity contribution is 5.89. The zero-order chi connectivity index (χ0) is 43.1. The number of aliphatic hydroxyl groups is 4. The highest BCUT2D eigenvalue weighted by Crippen LogP contribution is 2.81. The van der Waals surface area contributed by atoms with Crippen molar-refractivity contribution in [1.29, 1.82) is 0 Å². The number of ether oxygens (including phenoxy) is 6. The van der Waals surface area contributed by atoms with Crippen molar-refractivity contribution in [2.45, 2.75) is 169 Å². The second kappa shape index (κ2) is 18.1. The van der Waals surface area contributed by atoms with Gasteiger partial charge >= 0.3 is 11.9 Å². The van der Waals surface area contributed by atoms with E-state index in [1.54, 1.807) is 51.7 Å². The van der Waals surface area contributed by atoms with Gasteiger partial charge in [0.05, 0.1) is 42.0 Å². The van der Waals surface area contributed by atoms with E-state index in [2.05, 4.69) is 11.8 Å². The standard InChI is InChI=1S/C47H73NO12/c1-7-8-9-10-11-12-13-14-15-16-17-18-22-25-33(50)60-47-34-35(57-5)36-43(29-55-3)28-48(2)38(34)46(36,32(56-4)26-31(43)49)45(54)27-44(53,41(58-6)39(47)51)40(37(45)47)59-42(52)30-23-20-19-21-24-30/h19-21,23-24,31-32,34-41,49,51,53-54H,7-18,22,25-29H2,1-6H3/t31-,32+,34+,35+,36-,37+,38?,39+,40-,41+,43+,44-,45+,46-,47+/m1/s1. The number of hydrogen-bond acceptors (Lipinski definition) is 13. The van der Waals surface area contributed by atoms with E-state index < -0.39 is 106 Å². The quantitative estimate of drug-likeness (QED) is 0.0925. The van der Waals surface area contributed by atoms with Crippen LogP contribution in [0.3, 0.4) is 0 Å². The van der Waals surface area contributed by atoms with Crippen LogP contribution in [0.25, 0.3) is 0 Å². The second-order valence-electron chi connectivity index (χ2n) is 19.3. The number of methoxy groups -OCH3 is 4. The van der Waals surface area contributed by atoms with Crippen LogP contribution in [-0.2, 0) is 33.2 Å². The zero-order valence-corrected chi connectivity index (χ0v) is 36.9. The van der Waals surface area contributed by atoms with Crippen LogP contribution in [0.15, 0.2) is 30.3 Å². The molecule has 5 aliphatic carbocycles. The van der Waals surface area contributed by atoms with E-state index in [-0.39, 0.29) is 25.0 Å². The van der Waals surface area contributed by atoms with Gasteiger partial charge < -0.3 is 53.7 Å². The Labute approximate surface area is 356 Å². The first kappa shape index (κ1) is 45.8. The lowest BCUT2D eigenvalue weighted by molar-refractivity contribution is -0.353. The minimum absolute atomic E-state index is 0.0697. The van der Waals surface area contributed by atoms with Crippen LogP contribution < -0.4 is 0 Å². The van der Waals surface area contributed by atoms with Crippen molar-refractivity contribution in [2.75, 3.05) is 48.6 Å². The number of nitrogens with zero attached hydrogens (tertiary/aromatic N) is 1. The van der Waals surface area contributed by atoms with Crippen LogP contribution in [0.4, 0.5) is 0 Å². The highest BCUT2D eigenvalue weighted by atomic mass is 16.6. The molecule has 1 aliphatic heterocycles. The van der Waals surface area contributed by atoms with E-state index in [4.69, 9.17) is 28.4 Å². The molecule has 6 fully saturated rings. The average Bonchev–Trinajstić information content (AvgIpc) is 3.60. The number of unbranched alkanes of at least 4 members (excludes halogenated alkanes) is 12. The van der Waals surface area contributed by atoms with Crippen molar-refractivity contribution in [3.8, 4) is 0 Å². The van der Waals surface area contributed by atoms with Crippen LogP contribution in [0.1, 0.15) is 120 Å². The van der Waals surface area contributed by atoms with Crippen LogP contribution in [-0.4, -0.2) is 145 Å². The maximum absolute atomic E-state index is 14.5. The molecule has 5 saturated carbocycles. The Morgan fingerprint density at radius 3 is 1.98 bits per heavy atom. The molecule has 7 bridgehead atoms. The van der Waals surface area contributed by atoms with Gasteiger partial charge in [-0.15, -0.1) is 0 Å².